The molecule has 0 radical (unpaired) electrons. The Hall–Kier alpha value is -2.77. The summed E-state index contributed by atoms with van der Waals surface area (Å²) in [5.41, 5.74) is 0.123. The van der Waals surface area contributed by atoms with Crippen molar-refractivity contribution < 1.29 is 24.2 Å². The molecule has 1 heterocycles. The van der Waals surface area contributed by atoms with E-state index in [1.165, 1.54) is 4.90 Å². The van der Waals surface area contributed by atoms with E-state index >= 15 is 0 Å². The Morgan fingerprint density at radius 3 is 2.07 bits per heavy atom. The SMILES string of the molecule is CC(C)(C)OC(=O)N1CCN(C(=O)CN(CC(=O)O)c2ccccc2)CC1. The largest absolute Gasteiger partial charge is 0.480 e. The van der Waals surface area contributed by atoms with E-state index in [1.54, 1.807) is 34.1 Å². The first-order valence-electron chi connectivity index (χ1n) is 8.93. The molecule has 0 bridgehead atoms. The van der Waals surface area contributed by atoms with Crippen LogP contribution in [0.25, 0.3) is 0 Å². The summed E-state index contributed by atoms with van der Waals surface area (Å²) in [4.78, 5) is 40.6. The molecule has 0 saturated carbocycles. The van der Waals surface area contributed by atoms with Crippen molar-refractivity contribution in [1.29, 1.82) is 0 Å². The van der Waals surface area contributed by atoms with Crippen LogP contribution in [0.2, 0.25) is 0 Å². The number of para-hydroxylation sites is 1. The first-order chi connectivity index (χ1) is 12.7. The number of benzene rings is 1. The van der Waals surface area contributed by atoms with Gasteiger partial charge < -0.3 is 24.5 Å². The molecule has 8 heteroatoms. The standard InChI is InChI=1S/C19H27N3O5/c1-19(2,3)27-18(26)21-11-9-20(10-12-21)16(23)13-22(14-17(24)25)15-7-5-4-6-8-15/h4-8H,9-14H2,1-3H3,(H,24,25). The van der Waals surface area contributed by atoms with Crippen molar-refractivity contribution in [1.82, 2.24) is 9.80 Å². The molecule has 0 aliphatic carbocycles. The quantitative estimate of drug-likeness (QED) is 0.839. The third-order valence-corrected chi connectivity index (χ3v) is 4.06. The zero-order valence-electron chi connectivity index (χ0n) is 16.1. The average Bonchev–Trinajstić information content (AvgIpc) is 2.60. The van der Waals surface area contributed by atoms with Crippen LogP contribution >= 0.6 is 0 Å². The molecule has 27 heavy (non-hydrogen) atoms. The number of hydrogen-bond acceptors (Lipinski definition) is 5. The lowest BCUT2D eigenvalue weighted by Gasteiger charge is -2.36. The summed E-state index contributed by atoms with van der Waals surface area (Å²) in [6, 6.07) is 8.98. The van der Waals surface area contributed by atoms with Crippen LogP contribution in [-0.4, -0.2) is 77.7 Å². The fourth-order valence-corrected chi connectivity index (χ4v) is 2.77. The maximum absolute atomic E-state index is 12.6. The Morgan fingerprint density at radius 2 is 1.56 bits per heavy atom. The van der Waals surface area contributed by atoms with Crippen LogP contribution < -0.4 is 4.90 Å². The van der Waals surface area contributed by atoms with Gasteiger partial charge in [0.2, 0.25) is 5.91 Å². The minimum absolute atomic E-state index is 0.0250. The van der Waals surface area contributed by atoms with Crippen molar-refractivity contribution in [3.63, 3.8) is 0 Å². The molecule has 1 N–H and O–H groups in total. The number of rotatable bonds is 5. The van der Waals surface area contributed by atoms with Crippen molar-refractivity contribution in [2.75, 3.05) is 44.2 Å². The molecule has 0 spiro atoms. The van der Waals surface area contributed by atoms with Crippen LogP contribution in [0.15, 0.2) is 30.3 Å². The number of nitrogens with zero attached hydrogens (tertiary/aromatic N) is 3. The van der Waals surface area contributed by atoms with Gasteiger partial charge in [-0.2, -0.15) is 0 Å². The molecule has 1 aliphatic heterocycles. The lowest BCUT2D eigenvalue weighted by atomic mass is 10.2. The van der Waals surface area contributed by atoms with E-state index in [1.807, 2.05) is 26.8 Å². The second kappa shape index (κ2) is 8.75. The highest BCUT2D eigenvalue weighted by Crippen LogP contribution is 2.15. The number of anilines is 1. The van der Waals surface area contributed by atoms with Gasteiger partial charge in [0.25, 0.3) is 0 Å². The van der Waals surface area contributed by atoms with Crippen molar-refractivity contribution >= 4 is 23.7 Å². The summed E-state index contributed by atoms with van der Waals surface area (Å²) < 4.78 is 5.35. The fraction of sp³-hybridized carbons (Fsp3) is 0.526. The first kappa shape index (κ1) is 20.5. The summed E-state index contributed by atoms with van der Waals surface area (Å²) in [5.74, 6) is -1.16. The Labute approximate surface area is 159 Å². The molecule has 1 saturated heterocycles. The summed E-state index contributed by atoms with van der Waals surface area (Å²) in [6.07, 6.45) is -0.383. The lowest BCUT2D eigenvalue weighted by molar-refractivity contribution is -0.135. The Morgan fingerprint density at radius 1 is 1.00 bits per heavy atom. The average molecular weight is 377 g/mol. The van der Waals surface area contributed by atoms with Crippen molar-refractivity contribution in [3.05, 3.63) is 30.3 Å². The smallest absolute Gasteiger partial charge is 0.410 e. The highest BCUT2D eigenvalue weighted by atomic mass is 16.6. The van der Waals surface area contributed by atoms with Gasteiger partial charge in [0.1, 0.15) is 12.1 Å². The molecule has 2 rings (SSSR count). The molecule has 0 atom stereocenters. The van der Waals surface area contributed by atoms with Crippen LogP contribution in [-0.2, 0) is 14.3 Å². The molecule has 1 fully saturated rings. The van der Waals surface area contributed by atoms with Crippen LogP contribution in [0, 0.1) is 0 Å². The third-order valence-electron chi connectivity index (χ3n) is 4.06. The van der Waals surface area contributed by atoms with Crippen LogP contribution in [0.1, 0.15) is 20.8 Å². The number of piperazine rings is 1. The predicted molar refractivity (Wildman–Crippen MR) is 101 cm³/mol. The molecule has 8 nitrogen and oxygen atoms in total. The number of amides is 2. The molecular weight excluding hydrogens is 350 g/mol. The Balaban J connectivity index is 1.92. The predicted octanol–water partition coefficient (Wildman–Crippen LogP) is 1.66. The van der Waals surface area contributed by atoms with E-state index in [4.69, 9.17) is 9.84 Å². The summed E-state index contributed by atoms with van der Waals surface area (Å²) in [6.45, 7) is 6.73. The normalized spacial score (nSPS) is 14.6. The number of carboxylic acid groups (broad SMARTS) is 1. The van der Waals surface area contributed by atoms with Gasteiger partial charge >= 0.3 is 12.1 Å². The van der Waals surface area contributed by atoms with Crippen molar-refractivity contribution in [2.24, 2.45) is 0 Å². The molecule has 0 unspecified atom stereocenters. The van der Waals surface area contributed by atoms with Gasteiger partial charge in [-0.3, -0.25) is 9.59 Å². The second-order valence-electron chi connectivity index (χ2n) is 7.43. The molecule has 1 aliphatic rings. The van der Waals surface area contributed by atoms with Gasteiger partial charge in [-0.05, 0) is 32.9 Å². The van der Waals surface area contributed by atoms with Crippen molar-refractivity contribution in [2.45, 2.75) is 26.4 Å². The van der Waals surface area contributed by atoms with Gasteiger partial charge in [-0.25, -0.2) is 4.79 Å². The minimum atomic E-state index is -0.999. The number of ether oxygens (including phenoxy) is 1. The highest BCUT2D eigenvalue weighted by molar-refractivity contribution is 5.84. The van der Waals surface area contributed by atoms with E-state index in [-0.39, 0.29) is 25.1 Å². The van der Waals surface area contributed by atoms with Crippen molar-refractivity contribution in [3.8, 4) is 0 Å². The van der Waals surface area contributed by atoms with E-state index in [2.05, 4.69) is 0 Å². The van der Waals surface area contributed by atoms with E-state index in [9.17, 15) is 14.4 Å². The number of aliphatic carboxylic acids is 1. The van der Waals surface area contributed by atoms with Gasteiger partial charge in [0.15, 0.2) is 0 Å². The molecule has 0 aromatic heterocycles. The van der Waals surface area contributed by atoms with Gasteiger partial charge in [0.05, 0.1) is 6.54 Å². The maximum atomic E-state index is 12.6. The summed E-state index contributed by atoms with van der Waals surface area (Å²) >= 11 is 0. The van der Waals surface area contributed by atoms with Gasteiger partial charge in [-0.15, -0.1) is 0 Å². The molecular formula is C19H27N3O5. The van der Waals surface area contributed by atoms with E-state index < -0.39 is 11.6 Å². The fourth-order valence-electron chi connectivity index (χ4n) is 2.77. The maximum Gasteiger partial charge on any atom is 0.410 e. The zero-order valence-corrected chi connectivity index (χ0v) is 16.1. The van der Waals surface area contributed by atoms with Crippen LogP contribution in [0.4, 0.5) is 10.5 Å². The molecule has 2 amide bonds. The minimum Gasteiger partial charge on any atom is -0.480 e. The summed E-state index contributed by atoms with van der Waals surface area (Å²) in [7, 11) is 0. The Bertz CT molecular complexity index is 664. The Kier molecular flexibility index (Phi) is 6.65. The molecule has 148 valence electrons. The number of hydrogen-bond donors (Lipinski definition) is 1. The third kappa shape index (κ3) is 6.47. The second-order valence-corrected chi connectivity index (χ2v) is 7.43. The van der Waals surface area contributed by atoms with Crippen LogP contribution in [0.5, 0.6) is 0 Å². The summed E-state index contributed by atoms with van der Waals surface area (Å²) in [5, 5.41) is 9.13. The number of carbonyl (C=O) groups is 3. The number of carboxylic acids is 1. The van der Waals surface area contributed by atoms with Gasteiger partial charge in [0, 0.05) is 31.9 Å². The first-order valence-corrected chi connectivity index (χ1v) is 8.93. The topological polar surface area (TPSA) is 90.4 Å². The molecule has 1 aromatic carbocycles. The van der Waals surface area contributed by atoms with Crippen LogP contribution in [0.3, 0.4) is 0 Å². The van der Waals surface area contributed by atoms with E-state index in [0.29, 0.717) is 31.9 Å². The lowest BCUT2D eigenvalue weighted by Crippen LogP contribution is -2.53. The van der Waals surface area contributed by atoms with Gasteiger partial charge in [-0.1, -0.05) is 18.2 Å². The molecule has 1 aromatic rings. The monoisotopic (exact) mass is 377 g/mol. The zero-order chi connectivity index (χ0) is 20.0. The van der Waals surface area contributed by atoms with E-state index in [0.717, 1.165) is 0 Å². The number of carbonyl (C=O) groups excluding carboxylic acids is 2. The highest BCUT2D eigenvalue weighted by Gasteiger charge is 2.28.